The summed E-state index contributed by atoms with van der Waals surface area (Å²) in [6.45, 7) is 0.629. The van der Waals surface area contributed by atoms with Crippen LogP contribution in [0.3, 0.4) is 0 Å². The first-order chi connectivity index (χ1) is 7.33. The lowest BCUT2D eigenvalue weighted by Gasteiger charge is -2.13. The quantitative estimate of drug-likeness (QED) is 0.798. The monoisotopic (exact) mass is 200 g/mol. The van der Waals surface area contributed by atoms with Crippen molar-refractivity contribution in [2.75, 3.05) is 6.54 Å². The molecule has 2 aromatic rings. The van der Waals surface area contributed by atoms with Crippen LogP contribution in [0.2, 0.25) is 0 Å². The van der Waals surface area contributed by atoms with Gasteiger partial charge in [0.1, 0.15) is 0 Å². The molecule has 0 heterocycles. The van der Waals surface area contributed by atoms with Gasteiger partial charge in [0.05, 0.1) is 0 Å². The van der Waals surface area contributed by atoms with E-state index < -0.39 is 0 Å². The predicted molar refractivity (Wildman–Crippen MR) is 64.5 cm³/mol. The predicted octanol–water partition coefficient (Wildman–Crippen LogP) is 2.19. The molecule has 1 atom stereocenters. The molecule has 2 nitrogen and oxygen atoms in total. The molecule has 78 valence electrons. The summed E-state index contributed by atoms with van der Waals surface area (Å²) in [4.78, 5) is 0. The van der Waals surface area contributed by atoms with Crippen LogP contribution in [0.25, 0.3) is 10.8 Å². The van der Waals surface area contributed by atoms with Crippen molar-refractivity contribution in [3.63, 3.8) is 0 Å². The van der Waals surface area contributed by atoms with Crippen LogP contribution in [0.15, 0.2) is 42.5 Å². The lowest BCUT2D eigenvalue weighted by Crippen LogP contribution is -2.15. The van der Waals surface area contributed by atoms with Gasteiger partial charge in [-0.05, 0) is 29.3 Å². The minimum atomic E-state index is 0.0427. The van der Waals surface area contributed by atoms with Gasteiger partial charge >= 0.3 is 0 Å². The van der Waals surface area contributed by atoms with Crippen molar-refractivity contribution in [2.45, 2.75) is 12.5 Å². The molecule has 0 radical (unpaired) electrons. The Hall–Kier alpha value is -1.38. The molecule has 2 rings (SSSR count). The highest BCUT2D eigenvalue weighted by Crippen LogP contribution is 2.24. The van der Waals surface area contributed by atoms with E-state index in [1.54, 1.807) is 0 Å². The van der Waals surface area contributed by atoms with Crippen LogP contribution < -0.4 is 11.5 Å². The number of fused-ring (bicyclic) bond motifs is 1. The Bertz CT molecular complexity index is 446. The summed E-state index contributed by atoms with van der Waals surface area (Å²) in [5, 5.41) is 2.48. The minimum Gasteiger partial charge on any atom is -0.330 e. The summed E-state index contributed by atoms with van der Waals surface area (Å²) < 4.78 is 0. The average Bonchev–Trinajstić information content (AvgIpc) is 2.28. The van der Waals surface area contributed by atoms with E-state index in [9.17, 15) is 0 Å². The zero-order valence-electron chi connectivity index (χ0n) is 8.69. The first kappa shape index (κ1) is 10.1. The van der Waals surface area contributed by atoms with Crippen molar-refractivity contribution in [1.82, 2.24) is 0 Å². The highest BCUT2D eigenvalue weighted by atomic mass is 14.7. The summed E-state index contributed by atoms with van der Waals surface area (Å²) in [7, 11) is 0. The van der Waals surface area contributed by atoms with E-state index in [-0.39, 0.29) is 6.04 Å². The zero-order chi connectivity index (χ0) is 10.7. The van der Waals surface area contributed by atoms with Crippen molar-refractivity contribution in [3.8, 4) is 0 Å². The number of hydrogen-bond acceptors (Lipinski definition) is 2. The zero-order valence-corrected chi connectivity index (χ0v) is 8.69. The maximum absolute atomic E-state index is 6.09. The second-order valence-corrected chi connectivity index (χ2v) is 3.75. The molecule has 0 spiro atoms. The third-order valence-corrected chi connectivity index (χ3v) is 2.70. The van der Waals surface area contributed by atoms with Gasteiger partial charge in [0.2, 0.25) is 0 Å². The van der Waals surface area contributed by atoms with Gasteiger partial charge < -0.3 is 11.5 Å². The Morgan fingerprint density at radius 3 is 2.53 bits per heavy atom. The molecule has 2 heteroatoms. The van der Waals surface area contributed by atoms with Gasteiger partial charge in [0.15, 0.2) is 0 Å². The maximum Gasteiger partial charge on any atom is 0.0313 e. The van der Waals surface area contributed by atoms with E-state index in [4.69, 9.17) is 11.5 Å². The van der Waals surface area contributed by atoms with Gasteiger partial charge in [-0.15, -0.1) is 0 Å². The molecule has 0 fully saturated rings. The molecule has 0 saturated heterocycles. The fourth-order valence-corrected chi connectivity index (χ4v) is 1.91. The van der Waals surface area contributed by atoms with Crippen molar-refractivity contribution in [2.24, 2.45) is 11.5 Å². The van der Waals surface area contributed by atoms with Crippen LogP contribution >= 0.6 is 0 Å². The van der Waals surface area contributed by atoms with Gasteiger partial charge in [-0.25, -0.2) is 0 Å². The first-order valence-electron chi connectivity index (χ1n) is 5.26. The number of nitrogens with two attached hydrogens (primary N) is 2. The van der Waals surface area contributed by atoms with Gasteiger partial charge in [0, 0.05) is 6.04 Å². The van der Waals surface area contributed by atoms with Gasteiger partial charge in [-0.2, -0.15) is 0 Å². The molecule has 0 aromatic heterocycles. The second-order valence-electron chi connectivity index (χ2n) is 3.75. The van der Waals surface area contributed by atoms with Gasteiger partial charge in [-0.1, -0.05) is 42.5 Å². The smallest absolute Gasteiger partial charge is 0.0313 e. The molecule has 15 heavy (non-hydrogen) atoms. The lowest BCUT2D eigenvalue weighted by molar-refractivity contribution is 0.666. The van der Waals surface area contributed by atoms with Crippen LogP contribution in [0.4, 0.5) is 0 Å². The highest BCUT2D eigenvalue weighted by molar-refractivity contribution is 5.86. The number of rotatable bonds is 3. The van der Waals surface area contributed by atoms with E-state index in [1.807, 2.05) is 18.2 Å². The molecule has 0 amide bonds. The van der Waals surface area contributed by atoms with Crippen LogP contribution in [0.5, 0.6) is 0 Å². The first-order valence-corrected chi connectivity index (χ1v) is 5.26. The summed E-state index contributed by atoms with van der Waals surface area (Å²) in [6.07, 6.45) is 0.827. The van der Waals surface area contributed by atoms with Crippen LogP contribution in [-0.2, 0) is 0 Å². The maximum atomic E-state index is 6.09. The summed E-state index contributed by atoms with van der Waals surface area (Å²) in [5.41, 5.74) is 12.8. The molecule has 0 aliphatic rings. The van der Waals surface area contributed by atoms with E-state index in [2.05, 4.69) is 24.3 Å². The van der Waals surface area contributed by atoms with Gasteiger partial charge in [0.25, 0.3) is 0 Å². The molecule has 0 saturated carbocycles. The molecule has 0 bridgehead atoms. The third-order valence-electron chi connectivity index (χ3n) is 2.70. The van der Waals surface area contributed by atoms with E-state index >= 15 is 0 Å². The summed E-state index contributed by atoms with van der Waals surface area (Å²) in [6, 6.07) is 14.6. The molecular weight excluding hydrogens is 184 g/mol. The SMILES string of the molecule is NCCC(N)c1cccc2ccccc12. The second kappa shape index (κ2) is 4.43. The Balaban J connectivity index is 2.50. The molecule has 0 aliphatic heterocycles. The Morgan fingerprint density at radius 2 is 1.73 bits per heavy atom. The Labute approximate surface area is 89.9 Å². The lowest BCUT2D eigenvalue weighted by atomic mass is 9.97. The molecule has 0 aliphatic carbocycles. The normalized spacial score (nSPS) is 12.9. The topological polar surface area (TPSA) is 52.0 Å². The summed E-state index contributed by atoms with van der Waals surface area (Å²) in [5.74, 6) is 0. The minimum absolute atomic E-state index is 0.0427. The third kappa shape index (κ3) is 2.01. The van der Waals surface area contributed by atoms with E-state index in [0.29, 0.717) is 6.54 Å². The highest BCUT2D eigenvalue weighted by Gasteiger charge is 2.07. The number of hydrogen-bond donors (Lipinski definition) is 2. The standard InChI is InChI=1S/C13H16N2/c14-9-8-13(15)12-7-3-5-10-4-1-2-6-11(10)12/h1-7,13H,8-9,14-15H2. The van der Waals surface area contributed by atoms with Crippen LogP contribution in [-0.4, -0.2) is 6.54 Å². The largest absolute Gasteiger partial charge is 0.330 e. The van der Waals surface area contributed by atoms with Crippen molar-refractivity contribution < 1.29 is 0 Å². The fourth-order valence-electron chi connectivity index (χ4n) is 1.91. The van der Waals surface area contributed by atoms with E-state index in [1.165, 1.54) is 16.3 Å². The fraction of sp³-hybridized carbons (Fsp3) is 0.231. The molecule has 4 N–H and O–H groups in total. The molecular formula is C13H16N2. The Morgan fingerprint density at radius 1 is 1.00 bits per heavy atom. The Kier molecular flexibility index (Phi) is 2.99. The van der Waals surface area contributed by atoms with Crippen molar-refractivity contribution >= 4 is 10.8 Å². The van der Waals surface area contributed by atoms with Gasteiger partial charge in [-0.3, -0.25) is 0 Å². The number of benzene rings is 2. The molecule has 2 aromatic carbocycles. The summed E-state index contributed by atoms with van der Waals surface area (Å²) >= 11 is 0. The average molecular weight is 200 g/mol. The van der Waals surface area contributed by atoms with E-state index in [0.717, 1.165) is 6.42 Å². The van der Waals surface area contributed by atoms with Crippen molar-refractivity contribution in [3.05, 3.63) is 48.0 Å². The van der Waals surface area contributed by atoms with Crippen molar-refractivity contribution in [1.29, 1.82) is 0 Å². The van der Waals surface area contributed by atoms with Crippen LogP contribution in [0, 0.1) is 0 Å². The van der Waals surface area contributed by atoms with Crippen LogP contribution in [0.1, 0.15) is 18.0 Å². The molecule has 1 unspecified atom stereocenters.